The van der Waals surface area contributed by atoms with Gasteiger partial charge >= 0.3 is 12.4 Å². The summed E-state index contributed by atoms with van der Waals surface area (Å²) >= 11 is 0. The van der Waals surface area contributed by atoms with Crippen molar-refractivity contribution in [3.63, 3.8) is 0 Å². The molecule has 0 saturated carbocycles. The van der Waals surface area contributed by atoms with Crippen molar-refractivity contribution in [1.82, 2.24) is 0 Å². The van der Waals surface area contributed by atoms with Gasteiger partial charge in [0.05, 0.1) is 16.8 Å². The summed E-state index contributed by atoms with van der Waals surface area (Å²) in [5.41, 5.74) is -4.58. The summed E-state index contributed by atoms with van der Waals surface area (Å²) in [4.78, 5) is 11.3. The summed E-state index contributed by atoms with van der Waals surface area (Å²) in [5.74, 6) is -0.766. The van der Waals surface area contributed by atoms with Crippen LogP contribution in [0.3, 0.4) is 0 Å². The molecule has 1 amide bonds. The lowest BCUT2D eigenvalue weighted by Gasteiger charge is -2.19. The second kappa shape index (κ2) is 5.72. The predicted molar refractivity (Wildman–Crippen MR) is 60.0 cm³/mol. The molecule has 1 aromatic carbocycles. The van der Waals surface area contributed by atoms with Crippen LogP contribution in [-0.2, 0) is 17.1 Å². The number of rotatable bonds is 3. The van der Waals surface area contributed by atoms with Gasteiger partial charge in [-0.25, -0.2) is 0 Å². The number of benzene rings is 1. The fourth-order valence-corrected chi connectivity index (χ4v) is 1.64. The van der Waals surface area contributed by atoms with E-state index in [-0.39, 0.29) is 6.42 Å². The van der Waals surface area contributed by atoms with E-state index in [0.717, 1.165) is 12.1 Å². The molecule has 0 saturated heterocycles. The average molecular weight is 299 g/mol. The maximum Gasteiger partial charge on any atom is 0.419 e. The SMILES string of the molecule is CCCC(=O)Nc1cccc(C(F)(F)F)c1C(F)(F)F. The number of alkyl halides is 6. The summed E-state index contributed by atoms with van der Waals surface area (Å²) in [6, 6.07) is 1.95. The lowest BCUT2D eigenvalue weighted by atomic mass is 10.0. The largest absolute Gasteiger partial charge is 0.419 e. The molecular formula is C12H11F6NO. The van der Waals surface area contributed by atoms with Crippen LogP contribution in [-0.4, -0.2) is 5.91 Å². The summed E-state index contributed by atoms with van der Waals surface area (Å²) in [6.45, 7) is 1.62. The molecule has 2 nitrogen and oxygen atoms in total. The number of hydrogen-bond acceptors (Lipinski definition) is 1. The number of carbonyl (C=O) groups is 1. The first-order valence-electron chi connectivity index (χ1n) is 5.64. The fourth-order valence-electron chi connectivity index (χ4n) is 1.64. The van der Waals surface area contributed by atoms with E-state index >= 15 is 0 Å². The van der Waals surface area contributed by atoms with Gasteiger partial charge in [-0.05, 0) is 18.6 Å². The fraction of sp³-hybridized carbons (Fsp3) is 0.417. The molecule has 0 fully saturated rings. The Morgan fingerprint density at radius 1 is 1.10 bits per heavy atom. The van der Waals surface area contributed by atoms with E-state index in [9.17, 15) is 31.1 Å². The lowest BCUT2D eigenvalue weighted by Crippen LogP contribution is -2.21. The molecule has 0 aliphatic carbocycles. The predicted octanol–water partition coefficient (Wildman–Crippen LogP) is 4.46. The molecule has 0 unspecified atom stereocenters. The monoisotopic (exact) mass is 299 g/mol. The third-order valence-corrected chi connectivity index (χ3v) is 2.40. The third kappa shape index (κ3) is 3.88. The van der Waals surface area contributed by atoms with Crippen LogP contribution in [0.2, 0.25) is 0 Å². The molecule has 1 aromatic rings. The number of carbonyl (C=O) groups excluding carboxylic acids is 1. The van der Waals surface area contributed by atoms with E-state index in [2.05, 4.69) is 0 Å². The Labute approximate surface area is 110 Å². The zero-order valence-electron chi connectivity index (χ0n) is 10.3. The molecule has 1 N–H and O–H groups in total. The molecule has 112 valence electrons. The minimum atomic E-state index is -5.22. The Bertz CT molecular complexity index is 492. The van der Waals surface area contributed by atoms with Crippen molar-refractivity contribution in [2.24, 2.45) is 0 Å². The first-order chi connectivity index (χ1) is 9.07. The molecule has 0 spiro atoms. The van der Waals surface area contributed by atoms with Crippen LogP contribution in [0.4, 0.5) is 32.0 Å². The number of anilines is 1. The average Bonchev–Trinajstić information content (AvgIpc) is 2.26. The van der Waals surface area contributed by atoms with E-state index in [1.807, 2.05) is 5.32 Å². The Morgan fingerprint density at radius 3 is 2.15 bits per heavy atom. The maximum atomic E-state index is 12.8. The zero-order valence-corrected chi connectivity index (χ0v) is 10.3. The van der Waals surface area contributed by atoms with E-state index in [4.69, 9.17) is 0 Å². The van der Waals surface area contributed by atoms with Gasteiger partial charge in [0.25, 0.3) is 0 Å². The highest BCUT2D eigenvalue weighted by Gasteiger charge is 2.44. The van der Waals surface area contributed by atoms with Crippen molar-refractivity contribution in [1.29, 1.82) is 0 Å². The molecular weight excluding hydrogens is 288 g/mol. The highest BCUT2D eigenvalue weighted by Crippen LogP contribution is 2.43. The minimum Gasteiger partial charge on any atom is -0.325 e. The molecule has 0 heterocycles. The van der Waals surface area contributed by atoms with E-state index < -0.39 is 35.1 Å². The summed E-state index contributed by atoms with van der Waals surface area (Å²) in [6.07, 6.45) is -10.1. The number of hydrogen-bond donors (Lipinski definition) is 1. The number of halogens is 6. The van der Waals surface area contributed by atoms with Crippen LogP contribution in [0.1, 0.15) is 30.9 Å². The lowest BCUT2D eigenvalue weighted by molar-refractivity contribution is -0.161. The van der Waals surface area contributed by atoms with Gasteiger partial charge in [0, 0.05) is 6.42 Å². The first-order valence-corrected chi connectivity index (χ1v) is 5.64. The van der Waals surface area contributed by atoms with E-state index in [0.29, 0.717) is 12.5 Å². The molecule has 0 radical (unpaired) electrons. The molecule has 1 rings (SSSR count). The van der Waals surface area contributed by atoms with Gasteiger partial charge in [0.15, 0.2) is 0 Å². The van der Waals surface area contributed by atoms with Crippen LogP contribution < -0.4 is 5.32 Å². The highest BCUT2D eigenvalue weighted by atomic mass is 19.4. The van der Waals surface area contributed by atoms with Gasteiger partial charge in [0.1, 0.15) is 0 Å². The van der Waals surface area contributed by atoms with Crippen molar-refractivity contribution >= 4 is 11.6 Å². The Hall–Kier alpha value is -1.73. The molecule has 0 aromatic heterocycles. The Kier molecular flexibility index (Phi) is 4.67. The van der Waals surface area contributed by atoms with Crippen LogP contribution in [0.5, 0.6) is 0 Å². The summed E-state index contributed by atoms with van der Waals surface area (Å²) in [5, 5.41) is 1.87. The summed E-state index contributed by atoms with van der Waals surface area (Å²) in [7, 11) is 0. The van der Waals surface area contributed by atoms with Crippen LogP contribution >= 0.6 is 0 Å². The van der Waals surface area contributed by atoms with Crippen molar-refractivity contribution in [3.05, 3.63) is 29.3 Å². The van der Waals surface area contributed by atoms with Gasteiger partial charge in [-0.15, -0.1) is 0 Å². The number of amides is 1. The van der Waals surface area contributed by atoms with Gasteiger partial charge in [-0.2, -0.15) is 26.3 Å². The Morgan fingerprint density at radius 2 is 1.70 bits per heavy atom. The molecule has 0 aliphatic rings. The van der Waals surface area contributed by atoms with Crippen molar-refractivity contribution in [2.75, 3.05) is 5.32 Å². The molecule has 0 bridgehead atoms. The standard InChI is InChI=1S/C12H11F6NO/c1-2-4-9(20)19-8-6-3-5-7(11(13,14)15)10(8)12(16,17)18/h3,5-6H,2,4H2,1H3,(H,19,20). The molecule has 0 atom stereocenters. The van der Waals surface area contributed by atoms with Crippen LogP contribution in [0, 0.1) is 0 Å². The Balaban J connectivity index is 3.35. The van der Waals surface area contributed by atoms with Crippen LogP contribution in [0.15, 0.2) is 18.2 Å². The smallest absolute Gasteiger partial charge is 0.325 e. The van der Waals surface area contributed by atoms with Gasteiger partial charge in [0.2, 0.25) is 5.91 Å². The van der Waals surface area contributed by atoms with Crippen molar-refractivity contribution in [2.45, 2.75) is 32.1 Å². The normalized spacial score (nSPS) is 12.3. The van der Waals surface area contributed by atoms with Gasteiger partial charge in [-0.1, -0.05) is 13.0 Å². The maximum absolute atomic E-state index is 12.8. The topological polar surface area (TPSA) is 29.1 Å². The van der Waals surface area contributed by atoms with Gasteiger partial charge < -0.3 is 5.32 Å². The highest BCUT2D eigenvalue weighted by molar-refractivity contribution is 5.91. The quantitative estimate of drug-likeness (QED) is 0.820. The molecule has 0 aliphatic heterocycles. The van der Waals surface area contributed by atoms with Crippen molar-refractivity contribution in [3.8, 4) is 0 Å². The molecule has 20 heavy (non-hydrogen) atoms. The van der Waals surface area contributed by atoms with Crippen LogP contribution in [0.25, 0.3) is 0 Å². The zero-order chi connectivity index (χ0) is 15.6. The summed E-state index contributed by atoms with van der Waals surface area (Å²) < 4.78 is 76.4. The van der Waals surface area contributed by atoms with Gasteiger partial charge in [-0.3, -0.25) is 4.79 Å². The van der Waals surface area contributed by atoms with E-state index in [1.165, 1.54) is 0 Å². The number of nitrogens with one attached hydrogen (secondary N) is 1. The third-order valence-electron chi connectivity index (χ3n) is 2.40. The van der Waals surface area contributed by atoms with Crippen molar-refractivity contribution < 1.29 is 31.1 Å². The second-order valence-corrected chi connectivity index (χ2v) is 4.02. The molecule has 8 heteroatoms. The minimum absolute atomic E-state index is 0.0759. The van der Waals surface area contributed by atoms with E-state index in [1.54, 1.807) is 6.92 Å². The second-order valence-electron chi connectivity index (χ2n) is 4.02. The first kappa shape index (κ1) is 16.3.